The molecule has 26 heavy (non-hydrogen) atoms. The van der Waals surface area contributed by atoms with Crippen LogP contribution in [0.25, 0.3) is 0 Å². The fourth-order valence-electron chi connectivity index (χ4n) is 3.21. The maximum Gasteiger partial charge on any atom is 0.335 e. The van der Waals surface area contributed by atoms with E-state index in [1.807, 2.05) is 13.0 Å². The van der Waals surface area contributed by atoms with Gasteiger partial charge in [-0.2, -0.15) is 0 Å². The predicted molar refractivity (Wildman–Crippen MR) is 105 cm³/mol. The third-order valence-corrected chi connectivity index (χ3v) is 5.09. The highest BCUT2D eigenvalue weighted by atomic mass is 16.4. The minimum Gasteiger partial charge on any atom is -0.478 e. The van der Waals surface area contributed by atoms with E-state index in [-0.39, 0.29) is 22.1 Å². The summed E-state index contributed by atoms with van der Waals surface area (Å²) in [6.45, 7) is 11.5. The van der Waals surface area contributed by atoms with Crippen molar-refractivity contribution in [2.45, 2.75) is 60.8 Å². The van der Waals surface area contributed by atoms with Crippen molar-refractivity contribution < 1.29 is 19.8 Å². The first-order valence-electron chi connectivity index (χ1n) is 8.88. The molecule has 0 bridgehead atoms. The molecule has 0 radical (unpaired) electrons. The van der Waals surface area contributed by atoms with E-state index < -0.39 is 11.9 Å². The molecular weight excluding hydrogens is 328 g/mol. The average Bonchev–Trinajstić information content (AvgIpc) is 2.52. The van der Waals surface area contributed by atoms with Gasteiger partial charge in [0.15, 0.2) is 0 Å². The van der Waals surface area contributed by atoms with E-state index in [1.54, 1.807) is 6.08 Å². The Morgan fingerprint density at radius 2 is 1.62 bits per heavy atom. The Balaban J connectivity index is 3.15. The minimum absolute atomic E-state index is 0.00829. The fraction of sp³-hybridized carbons (Fsp3) is 0.455. The second-order valence-corrected chi connectivity index (χ2v) is 7.62. The second kappa shape index (κ2) is 8.84. The van der Waals surface area contributed by atoms with Crippen LogP contribution in [-0.2, 0) is 9.59 Å². The third kappa shape index (κ3) is 5.58. The summed E-state index contributed by atoms with van der Waals surface area (Å²) in [5.74, 6) is -2.25. The molecule has 1 aliphatic carbocycles. The molecule has 0 unspecified atom stereocenters. The van der Waals surface area contributed by atoms with Gasteiger partial charge < -0.3 is 10.2 Å². The highest BCUT2D eigenvalue weighted by Gasteiger charge is 2.26. The molecule has 0 fully saturated rings. The van der Waals surface area contributed by atoms with Crippen molar-refractivity contribution in [1.82, 2.24) is 0 Å². The van der Waals surface area contributed by atoms with Crippen LogP contribution in [0.2, 0.25) is 0 Å². The van der Waals surface area contributed by atoms with Crippen LogP contribution in [0.1, 0.15) is 60.8 Å². The number of carbonyl (C=O) groups is 2. The summed E-state index contributed by atoms with van der Waals surface area (Å²) in [4.78, 5) is 22.5. The second-order valence-electron chi connectivity index (χ2n) is 7.62. The zero-order valence-corrected chi connectivity index (χ0v) is 16.6. The summed E-state index contributed by atoms with van der Waals surface area (Å²) in [5.41, 5.74) is 4.09. The quantitative estimate of drug-likeness (QED) is 0.489. The molecule has 0 spiro atoms. The van der Waals surface area contributed by atoms with E-state index in [2.05, 4.69) is 26.8 Å². The highest BCUT2D eigenvalue weighted by molar-refractivity contribution is 5.96. The summed E-state index contributed by atoms with van der Waals surface area (Å²) in [7, 11) is 0. The summed E-state index contributed by atoms with van der Waals surface area (Å²) in [6.07, 6.45) is 10.8. The lowest BCUT2D eigenvalue weighted by Crippen LogP contribution is -2.19. The Morgan fingerprint density at radius 1 is 1.00 bits per heavy atom. The van der Waals surface area contributed by atoms with Gasteiger partial charge in [-0.15, -0.1) is 0 Å². The smallest absolute Gasteiger partial charge is 0.335 e. The summed E-state index contributed by atoms with van der Waals surface area (Å²) in [6, 6.07) is 0. The van der Waals surface area contributed by atoms with Crippen LogP contribution in [0.4, 0.5) is 0 Å². The van der Waals surface area contributed by atoms with Crippen LogP contribution >= 0.6 is 0 Å². The van der Waals surface area contributed by atoms with Crippen LogP contribution in [-0.4, -0.2) is 22.2 Å². The van der Waals surface area contributed by atoms with Crippen LogP contribution in [0.3, 0.4) is 0 Å². The van der Waals surface area contributed by atoms with Gasteiger partial charge in [0.25, 0.3) is 0 Å². The molecule has 4 heteroatoms. The minimum atomic E-state index is -1.14. The van der Waals surface area contributed by atoms with Gasteiger partial charge in [0.2, 0.25) is 0 Å². The van der Waals surface area contributed by atoms with Crippen LogP contribution in [0, 0.1) is 5.41 Å². The molecule has 1 aliphatic rings. The molecule has 0 aliphatic heterocycles. The van der Waals surface area contributed by atoms with Crippen LogP contribution in [0.15, 0.2) is 57.7 Å². The Labute approximate surface area is 156 Å². The number of hydrogen-bond acceptors (Lipinski definition) is 2. The van der Waals surface area contributed by atoms with E-state index in [0.717, 1.165) is 18.4 Å². The van der Waals surface area contributed by atoms with Crippen molar-refractivity contribution in [3.05, 3.63) is 57.7 Å². The molecule has 0 saturated carbocycles. The van der Waals surface area contributed by atoms with E-state index in [0.29, 0.717) is 0 Å². The summed E-state index contributed by atoms with van der Waals surface area (Å²) < 4.78 is 0. The van der Waals surface area contributed by atoms with Gasteiger partial charge in [-0.1, -0.05) is 43.2 Å². The number of carboxylic acid groups (broad SMARTS) is 2. The molecule has 1 rings (SSSR count). The van der Waals surface area contributed by atoms with E-state index >= 15 is 0 Å². The predicted octanol–water partition coefficient (Wildman–Crippen LogP) is 5.45. The van der Waals surface area contributed by atoms with Gasteiger partial charge in [-0.05, 0) is 69.6 Å². The molecule has 0 amide bonds. The van der Waals surface area contributed by atoms with E-state index in [9.17, 15) is 14.7 Å². The van der Waals surface area contributed by atoms with Gasteiger partial charge in [0.05, 0.1) is 5.57 Å². The number of hydrogen-bond donors (Lipinski definition) is 2. The first-order valence-corrected chi connectivity index (χ1v) is 8.88. The fourth-order valence-corrected chi connectivity index (χ4v) is 3.21. The largest absolute Gasteiger partial charge is 0.478 e. The normalized spacial score (nSPS) is 19.6. The van der Waals surface area contributed by atoms with Gasteiger partial charge in [0.1, 0.15) is 0 Å². The third-order valence-electron chi connectivity index (χ3n) is 5.09. The zero-order chi connectivity index (χ0) is 20.1. The molecule has 0 atom stereocenters. The lowest BCUT2D eigenvalue weighted by atomic mass is 9.72. The average molecular weight is 358 g/mol. The number of allylic oxidation sites excluding steroid dienone is 7. The van der Waals surface area contributed by atoms with E-state index in [4.69, 9.17) is 5.11 Å². The highest BCUT2D eigenvalue weighted by Crippen LogP contribution is 2.40. The number of aliphatic carboxylic acids is 2. The monoisotopic (exact) mass is 358 g/mol. The molecule has 0 aromatic heterocycles. The summed E-state index contributed by atoms with van der Waals surface area (Å²) in [5, 5.41) is 18.4. The Bertz CT molecular complexity index is 740. The van der Waals surface area contributed by atoms with Crippen LogP contribution < -0.4 is 0 Å². The Hall–Kier alpha value is -2.36. The van der Waals surface area contributed by atoms with Gasteiger partial charge in [-0.25, -0.2) is 9.59 Å². The lowest BCUT2D eigenvalue weighted by molar-refractivity contribution is -0.132. The van der Waals surface area contributed by atoms with Gasteiger partial charge >= 0.3 is 11.9 Å². The van der Waals surface area contributed by atoms with Crippen molar-refractivity contribution in [2.75, 3.05) is 0 Å². The lowest BCUT2D eigenvalue weighted by Gasteiger charge is -2.32. The first kappa shape index (κ1) is 21.7. The van der Waals surface area contributed by atoms with E-state index in [1.165, 1.54) is 37.5 Å². The topological polar surface area (TPSA) is 74.6 Å². The van der Waals surface area contributed by atoms with Crippen molar-refractivity contribution in [2.24, 2.45) is 5.41 Å². The van der Waals surface area contributed by atoms with Gasteiger partial charge in [0, 0.05) is 5.57 Å². The van der Waals surface area contributed by atoms with Crippen molar-refractivity contribution in [3.8, 4) is 0 Å². The van der Waals surface area contributed by atoms with Crippen LogP contribution in [0.5, 0.6) is 0 Å². The van der Waals surface area contributed by atoms with Gasteiger partial charge in [-0.3, -0.25) is 0 Å². The molecule has 142 valence electrons. The molecule has 0 heterocycles. The number of carboxylic acids is 2. The Morgan fingerprint density at radius 3 is 2.12 bits per heavy atom. The SMILES string of the molecule is CC(C=CC1=C(C)CCCC1(C)C)=CC=C(C(=O)O)/C(C)=C(/C)C(=O)O. The molecule has 0 aromatic carbocycles. The molecule has 0 aromatic rings. The zero-order valence-electron chi connectivity index (χ0n) is 16.6. The van der Waals surface area contributed by atoms with Crippen molar-refractivity contribution >= 4 is 11.9 Å². The molecular formula is C22H30O4. The van der Waals surface area contributed by atoms with Crippen molar-refractivity contribution in [1.29, 1.82) is 0 Å². The van der Waals surface area contributed by atoms with Crippen molar-refractivity contribution in [3.63, 3.8) is 0 Å². The molecule has 4 nitrogen and oxygen atoms in total. The number of rotatable bonds is 6. The first-order chi connectivity index (χ1) is 12.0. The maximum absolute atomic E-state index is 11.5. The Kier molecular flexibility index (Phi) is 7.37. The molecule has 0 saturated heterocycles. The summed E-state index contributed by atoms with van der Waals surface area (Å²) >= 11 is 0. The molecule has 2 N–H and O–H groups in total. The maximum atomic E-state index is 11.5. The standard InChI is InChI=1S/C22H30O4/c1-14(10-12-19-15(2)8-7-13-22(19,5)6)9-11-18(21(25)26)16(3)17(4)20(23)24/h9-12H,7-8,13H2,1-6H3,(H,23,24)(H,25,26)/b12-10?,14-9?,17-16-,18-11?.